The van der Waals surface area contributed by atoms with Crippen LogP contribution in [0.4, 0.5) is 5.69 Å². The number of nitrogens with one attached hydrogen (secondary N) is 2. The van der Waals surface area contributed by atoms with Crippen LogP contribution in [0.1, 0.15) is 42.5 Å². The van der Waals surface area contributed by atoms with Gasteiger partial charge in [0.2, 0.25) is 0 Å². The van der Waals surface area contributed by atoms with Crippen molar-refractivity contribution < 1.29 is 9.90 Å². The molecular weight excluding hydrogens is 386 g/mol. The van der Waals surface area contributed by atoms with E-state index >= 15 is 0 Å². The number of aryl methyl sites for hydroxylation is 2. The molecule has 3 N–H and O–H groups in total. The van der Waals surface area contributed by atoms with Crippen LogP contribution in [0.5, 0.6) is 5.75 Å². The maximum atomic E-state index is 12.7. The molecule has 1 unspecified atom stereocenters. The highest BCUT2D eigenvalue weighted by molar-refractivity contribution is 6.11. The lowest BCUT2D eigenvalue weighted by molar-refractivity contribution is -0.112. The van der Waals surface area contributed by atoms with E-state index < -0.39 is 5.91 Å². The van der Waals surface area contributed by atoms with E-state index in [9.17, 15) is 15.2 Å². The molecule has 5 nitrogen and oxygen atoms in total. The zero-order valence-corrected chi connectivity index (χ0v) is 17.5. The summed E-state index contributed by atoms with van der Waals surface area (Å²) in [7, 11) is 0. The molecule has 5 heteroatoms. The minimum atomic E-state index is -0.497. The summed E-state index contributed by atoms with van der Waals surface area (Å²) in [5.41, 5.74) is 4.50. The molecule has 0 fully saturated rings. The maximum absolute atomic E-state index is 12.7. The van der Waals surface area contributed by atoms with Crippen molar-refractivity contribution >= 4 is 22.4 Å². The molecule has 3 aromatic rings. The number of hydrogen-bond acceptors (Lipinski definition) is 4. The summed E-state index contributed by atoms with van der Waals surface area (Å²) in [6, 6.07) is 18.9. The summed E-state index contributed by atoms with van der Waals surface area (Å²) < 4.78 is 0. The SMILES string of the molecule is CC(N/C=C(/C#N)C(=O)Nc1cccc2c(O)cccc12)c1ccc2c(c1)CCCC2. The number of phenolic OH excluding ortho intramolecular Hbond substituents is 1. The van der Waals surface area contributed by atoms with E-state index in [-0.39, 0.29) is 17.4 Å². The molecule has 0 aromatic heterocycles. The van der Waals surface area contributed by atoms with Crippen LogP contribution in [0.15, 0.2) is 66.4 Å². The first-order valence-electron chi connectivity index (χ1n) is 10.6. The molecule has 3 aromatic carbocycles. The topological polar surface area (TPSA) is 85.2 Å². The van der Waals surface area contributed by atoms with Crippen molar-refractivity contribution in [2.24, 2.45) is 0 Å². The van der Waals surface area contributed by atoms with Gasteiger partial charge in [0.05, 0.1) is 0 Å². The van der Waals surface area contributed by atoms with E-state index in [0.29, 0.717) is 16.5 Å². The Morgan fingerprint density at radius 3 is 2.61 bits per heavy atom. The molecule has 4 rings (SSSR count). The minimum absolute atomic E-state index is 0.0121. The molecule has 0 saturated heterocycles. The van der Waals surface area contributed by atoms with Crippen LogP contribution in [0.2, 0.25) is 0 Å². The fourth-order valence-corrected chi connectivity index (χ4v) is 4.07. The van der Waals surface area contributed by atoms with Gasteiger partial charge in [0.25, 0.3) is 5.91 Å². The van der Waals surface area contributed by atoms with Crippen molar-refractivity contribution in [3.63, 3.8) is 0 Å². The molecule has 1 atom stereocenters. The molecule has 0 spiro atoms. The van der Waals surface area contributed by atoms with Gasteiger partial charge >= 0.3 is 0 Å². The van der Waals surface area contributed by atoms with Crippen LogP contribution in [0, 0.1) is 11.3 Å². The van der Waals surface area contributed by atoms with Gasteiger partial charge in [0.1, 0.15) is 17.4 Å². The molecule has 31 heavy (non-hydrogen) atoms. The number of anilines is 1. The zero-order valence-electron chi connectivity index (χ0n) is 17.5. The average Bonchev–Trinajstić information content (AvgIpc) is 2.79. The van der Waals surface area contributed by atoms with Crippen molar-refractivity contribution in [3.8, 4) is 11.8 Å². The smallest absolute Gasteiger partial charge is 0.267 e. The van der Waals surface area contributed by atoms with Gasteiger partial charge in [-0.15, -0.1) is 0 Å². The first-order valence-corrected chi connectivity index (χ1v) is 10.6. The molecule has 1 aliphatic rings. The molecular formula is C26H25N3O2. The molecule has 0 bridgehead atoms. The van der Waals surface area contributed by atoms with E-state index in [2.05, 4.69) is 28.8 Å². The van der Waals surface area contributed by atoms with Crippen molar-refractivity contribution in [3.05, 3.63) is 83.1 Å². The quantitative estimate of drug-likeness (QED) is 0.402. The lowest BCUT2D eigenvalue weighted by atomic mass is 9.89. The third-order valence-electron chi connectivity index (χ3n) is 5.86. The van der Waals surface area contributed by atoms with Crippen LogP contribution >= 0.6 is 0 Å². The Bertz CT molecular complexity index is 1210. The van der Waals surface area contributed by atoms with Gasteiger partial charge in [-0.25, -0.2) is 0 Å². The van der Waals surface area contributed by atoms with Gasteiger partial charge in [-0.05, 0) is 61.4 Å². The summed E-state index contributed by atoms with van der Waals surface area (Å²) in [6.07, 6.45) is 6.20. The number of carbonyl (C=O) groups is 1. The number of benzene rings is 3. The van der Waals surface area contributed by atoms with Gasteiger partial charge in [-0.3, -0.25) is 4.79 Å². The number of nitriles is 1. The second-order valence-corrected chi connectivity index (χ2v) is 7.93. The molecule has 0 radical (unpaired) electrons. The van der Waals surface area contributed by atoms with Gasteiger partial charge in [0, 0.05) is 28.7 Å². The second kappa shape index (κ2) is 8.93. The van der Waals surface area contributed by atoms with E-state index in [0.717, 1.165) is 18.4 Å². The highest BCUT2D eigenvalue weighted by Gasteiger charge is 2.14. The number of carbonyl (C=O) groups excluding carboxylic acids is 1. The van der Waals surface area contributed by atoms with Crippen LogP contribution in [-0.2, 0) is 17.6 Å². The number of hydrogen-bond donors (Lipinski definition) is 3. The Balaban J connectivity index is 1.49. The Hall–Kier alpha value is -3.78. The van der Waals surface area contributed by atoms with Crippen molar-refractivity contribution in [2.75, 3.05) is 5.32 Å². The Labute approximate surface area is 182 Å². The summed E-state index contributed by atoms with van der Waals surface area (Å²) in [5.74, 6) is -0.353. The third-order valence-corrected chi connectivity index (χ3v) is 5.86. The van der Waals surface area contributed by atoms with Gasteiger partial charge in [-0.1, -0.05) is 42.5 Å². The maximum Gasteiger partial charge on any atom is 0.267 e. The summed E-state index contributed by atoms with van der Waals surface area (Å²) in [6.45, 7) is 2.02. The van der Waals surface area contributed by atoms with Gasteiger partial charge in [0.15, 0.2) is 0 Å². The van der Waals surface area contributed by atoms with E-state index in [1.54, 1.807) is 30.3 Å². The van der Waals surface area contributed by atoms with Crippen LogP contribution in [0.3, 0.4) is 0 Å². The standard InChI is InChI=1S/C26H25N3O2/c1-17(19-13-12-18-6-2-3-7-20(18)14-19)28-16-21(15-27)26(31)29-24-10-4-9-23-22(24)8-5-11-25(23)30/h4-5,8-14,16-17,28,30H,2-3,6-7H2,1H3,(H,29,31)/b21-16-. The third kappa shape index (κ3) is 4.39. The van der Waals surface area contributed by atoms with Crippen molar-refractivity contribution in [2.45, 2.75) is 38.6 Å². The number of rotatable bonds is 5. The number of fused-ring (bicyclic) bond motifs is 2. The zero-order chi connectivity index (χ0) is 21.8. The fraction of sp³-hybridized carbons (Fsp3) is 0.231. The molecule has 1 amide bonds. The van der Waals surface area contributed by atoms with Crippen LogP contribution in [-0.4, -0.2) is 11.0 Å². The minimum Gasteiger partial charge on any atom is -0.507 e. The number of nitrogens with zero attached hydrogens (tertiary/aromatic N) is 1. The molecule has 0 aliphatic heterocycles. The fourth-order valence-electron chi connectivity index (χ4n) is 4.07. The summed E-state index contributed by atoms with van der Waals surface area (Å²) in [4.78, 5) is 12.7. The van der Waals surface area contributed by atoms with E-state index in [1.165, 1.54) is 30.2 Å². The second-order valence-electron chi connectivity index (χ2n) is 7.93. The predicted octanol–water partition coefficient (Wildman–Crippen LogP) is 5.12. The first kappa shape index (κ1) is 20.5. The monoisotopic (exact) mass is 411 g/mol. The Morgan fingerprint density at radius 2 is 1.81 bits per heavy atom. The first-order chi connectivity index (χ1) is 15.1. The predicted molar refractivity (Wildman–Crippen MR) is 123 cm³/mol. The number of aromatic hydroxyl groups is 1. The van der Waals surface area contributed by atoms with Crippen LogP contribution < -0.4 is 10.6 Å². The van der Waals surface area contributed by atoms with E-state index in [4.69, 9.17) is 0 Å². The molecule has 1 aliphatic carbocycles. The Morgan fingerprint density at radius 1 is 1.06 bits per heavy atom. The van der Waals surface area contributed by atoms with Crippen molar-refractivity contribution in [1.82, 2.24) is 5.32 Å². The highest BCUT2D eigenvalue weighted by atomic mass is 16.3. The molecule has 0 heterocycles. The number of phenols is 1. The van der Waals surface area contributed by atoms with Gasteiger partial charge < -0.3 is 15.7 Å². The largest absolute Gasteiger partial charge is 0.507 e. The Kier molecular flexibility index (Phi) is 5.90. The normalized spacial score (nSPS) is 14.4. The van der Waals surface area contributed by atoms with Crippen LogP contribution in [0.25, 0.3) is 10.8 Å². The summed E-state index contributed by atoms with van der Waals surface area (Å²) >= 11 is 0. The van der Waals surface area contributed by atoms with Crippen molar-refractivity contribution in [1.29, 1.82) is 5.26 Å². The number of amides is 1. The highest BCUT2D eigenvalue weighted by Crippen LogP contribution is 2.30. The lowest BCUT2D eigenvalue weighted by Crippen LogP contribution is -2.19. The lowest BCUT2D eigenvalue weighted by Gasteiger charge is -2.19. The van der Waals surface area contributed by atoms with E-state index in [1.807, 2.05) is 19.1 Å². The molecule has 156 valence electrons. The summed E-state index contributed by atoms with van der Waals surface area (Å²) in [5, 5.41) is 26.9. The average molecular weight is 412 g/mol. The molecule has 0 saturated carbocycles. The van der Waals surface area contributed by atoms with Gasteiger partial charge in [-0.2, -0.15) is 5.26 Å².